The topological polar surface area (TPSA) is 65.1 Å². The number of aliphatic hydroxyl groups excluding tert-OH is 1. The van der Waals surface area contributed by atoms with E-state index in [0.29, 0.717) is 24.6 Å². The number of hydrogen-bond acceptors (Lipinski definition) is 3. The van der Waals surface area contributed by atoms with Crippen LogP contribution >= 0.6 is 0 Å². The van der Waals surface area contributed by atoms with Gasteiger partial charge in [-0.15, -0.1) is 0 Å². The van der Waals surface area contributed by atoms with Gasteiger partial charge in [0.15, 0.2) is 0 Å². The second-order valence-electron chi connectivity index (χ2n) is 4.64. The van der Waals surface area contributed by atoms with E-state index in [4.69, 9.17) is 5.11 Å². The van der Waals surface area contributed by atoms with Gasteiger partial charge in [0.05, 0.1) is 5.39 Å². The van der Waals surface area contributed by atoms with Crippen LogP contribution in [0.5, 0.6) is 0 Å². The highest BCUT2D eigenvalue weighted by Crippen LogP contribution is 2.24. The number of nitrogens with one attached hydrogen (secondary N) is 2. The summed E-state index contributed by atoms with van der Waals surface area (Å²) in [5, 5.41) is 12.0. The third kappa shape index (κ3) is 2.86. The Kier molecular flexibility index (Phi) is 4.46. The van der Waals surface area contributed by atoms with Gasteiger partial charge in [0.1, 0.15) is 11.6 Å². The molecule has 0 aliphatic heterocycles. The van der Waals surface area contributed by atoms with Gasteiger partial charge in [-0.25, -0.2) is 8.78 Å². The van der Waals surface area contributed by atoms with E-state index in [0.717, 1.165) is 6.07 Å². The Labute approximate surface area is 114 Å². The maximum Gasteiger partial charge on any atom is 0.258 e. The summed E-state index contributed by atoms with van der Waals surface area (Å²) in [6, 6.07) is 1.65. The van der Waals surface area contributed by atoms with Crippen LogP contribution in [0.15, 0.2) is 23.1 Å². The molecular formula is C14H16F2N2O2. The number of aliphatic hydroxyl groups is 1. The van der Waals surface area contributed by atoms with Crippen LogP contribution < -0.4 is 10.9 Å². The van der Waals surface area contributed by atoms with Gasteiger partial charge in [-0.3, -0.25) is 4.79 Å². The molecule has 0 spiro atoms. The minimum Gasteiger partial charge on any atom is -0.396 e. The van der Waals surface area contributed by atoms with Crippen molar-refractivity contribution in [3.8, 4) is 0 Å². The van der Waals surface area contributed by atoms with E-state index in [1.54, 1.807) is 0 Å². The lowest BCUT2D eigenvalue weighted by molar-refractivity contribution is 0.284. The van der Waals surface area contributed by atoms with E-state index in [-0.39, 0.29) is 23.4 Å². The lowest BCUT2D eigenvalue weighted by atomic mass is 10.0. The molecule has 20 heavy (non-hydrogen) atoms. The van der Waals surface area contributed by atoms with Crippen molar-refractivity contribution < 1.29 is 13.9 Å². The summed E-state index contributed by atoms with van der Waals surface area (Å²) in [5.74, 6) is -1.59. The molecule has 0 radical (unpaired) electrons. The molecule has 6 heteroatoms. The first-order chi connectivity index (χ1) is 9.54. The fraction of sp³-hybridized carbons (Fsp3) is 0.357. The quantitative estimate of drug-likeness (QED) is 0.733. The Balaban J connectivity index is 2.49. The monoisotopic (exact) mass is 282 g/mol. The number of aromatic amines is 1. The second kappa shape index (κ2) is 6.11. The van der Waals surface area contributed by atoms with Gasteiger partial charge in [0.25, 0.3) is 5.56 Å². The van der Waals surface area contributed by atoms with Crippen molar-refractivity contribution in [1.29, 1.82) is 0 Å². The van der Waals surface area contributed by atoms with E-state index in [1.165, 1.54) is 6.20 Å². The Bertz CT molecular complexity index is 670. The van der Waals surface area contributed by atoms with Crippen molar-refractivity contribution in [3.63, 3.8) is 0 Å². The third-order valence-corrected chi connectivity index (χ3v) is 3.20. The molecule has 2 rings (SSSR count). The molecule has 1 aromatic carbocycles. The molecule has 1 heterocycles. The Hall–Kier alpha value is -1.79. The molecular weight excluding hydrogens is 266 g/mol. The van der Waals surface area contributed by atoms with Crippen molar-refractivity contribution in [2.24, 2.45) is 0 Å². The molecule has 1 aromatic heterocycles. The molecule has 1 atom stereocenters. The average Bonchev–Trinajstić information content (AvgIpc) is 2.38. The molecule has 0 saturated heterocycles. The van der Waals surface area contributed by atoms with Crippen LogP contribution in [0.25, 0.3) is 10.8 Å². The van der Waals surface area contributed by atoms with Gasteiger partial charge in [-0.2, -0.15) is 0 Å². The lowest BCUT2D eigenvalue weighted by Crippen LogP contribution is -2.22. The van der Waals surface area contributed by atoms with Crippen LogP contribution in [-0.2, 0) is 0 Å². The molecule has 3 N–H and O–H groups in total. The molecule has 0 saturated carbocycles. The predicted molar refractivity (Wildman–Crippen MR) is 72.6 cm³/mol. The largest absolute Gasteiger partial charge is 0.396 e. The number of halogens is 2. The predicted octanol–water partition coefficient (Wildman–Crippen LogP) is 1.84. The Morgan fingerprint density at radius 1 is 1.40 bits per heavy atom. The van der Waals surface area contributed by atoms with E-state index in [2.05, 4.69) is 10.3 Å². The number of aromatic nitrogens is 1. The fourth-order valence-electron chi connectivity index (χ4n) is 2.19. The smallest absolute Gasteiger partial charge is 0.258 e. The highest BCUT2D eigenvalue weighted by Gasteiger charge is 2.15. The van der Waals surface area contributed by atoms with E-state index < -0.39 is 17.2 Å². The van der Waals surface area contributed by atoms with Crippen molar-refractivity contribution >= 4 is 10.8 Å². The maximum absolute atomic E-state index is 13.7. The highest BCUT2D eigenvalue weighted by molar-refractivity contribution is 5.85. The molecule has 4 nitrogen and oxygen atoms in total. The van der Waals surface area contributed by atoms with E-state index >= 15 is 0 Å². The molecule has 0 aliphatic rings. The first kappa shape index (κ1) is 14.6. The SMILES string of the molecule is CC(NCCCO)c1c[nH]c(=O)c2c(F)cc(F)cc12. The van der Waals surface area contributed by atoms with Gasteiger partial charge >= 0.3 is 0 Å². The van der Waals surface area contributed by atoms with Crippen LogP contribution in [0.3, 0.4) is 0 Å². The summed E-state index contributed by atoms with van der Waals surface area (Å²) in [6.45, 7) is 2.46. The molecule has 2 aromatic rings. The first-order valence-corrected chi connectivity index (χ1v) is 6.39. The van der Waals surface area contributed by atoms with Gasteiger partial charge in [-0.1, -0.05) is 0 Å². The number of hydrogen-bond donors (Lipinski definition) is 3. The highest BCUT2D eigenvalue weighted by atomic mass is 19.1. The minimum atomic E-state index is -0.870. The minimum absolute atomic E-state index is 0.0648. The van der Waals surface area contributed by atoms with Crippen molar-refractivity contribution in [3.05, 3.63) is 45.9 Å². The van der Waals surface area contributed by atoms with Crippen LogP contribution in [0.2, 0.25) is 0 Å². The first-order valence-electron chi connectivity index (χ1n) is 6.39. The average molecular weight is 282 g/mol. The number of fused-ring (bicyclic) bond motifs is 1. The molecule has 1 unspecified atom stereocenters. The standard InChI is InChI=1S/C14H16F2N2O2/c1-8(17-3-2-4-19)11-7-18-14(20)13-10(11)5-9(15)6-12(13)16/h5-8,17,19H,2-4H2,1H3,(H,18,20). The molecule has 0 bridgehead atoms. The zero-order valence-corrected chi connectivity index (χ0v) is 11.0. The van der Waals surface area contributed by atoms with Gasteiger partial charge in [0.2, 0.25) is 0 Å². The summed E-state index contributed by atoms with van der Waals surface area (Å²) in [7, 11) is 0. The normalized spacial score (nSPS) is 12.8. The summed E-state index contributed by atoms with van der Waals surface area (Å²) >= 11 is 0. The summed E-state index contributed by atoms with van der Waals surface area (Å²) in [4.78, 5) is 14.1. The molecule has 108 valence electrons. The van der Waals surface area contributed by atoms with E-state index in [1.807, 2.05) is 6.92 Å². The Morgan fingerprint density at radius 2 is 2.15 bits per heavy atom. The van der Waals surface area contributed by atoms with E-state index in [9.17, 15) is 13.6 Å². The van der Waals surface area contributed by atoms with Crippen molar-refractivity contribution in [2.45, 2.75) is 19.4 Å². The molecule has 0 fully saturated rings. The summed E-state index contributed by atoms with van der Waals surface area (Å²) in [6.07, 6.45) is 2.04. The zero-order valence-electron chi connectivity index (χ0n) is 11.0. The van der Waals surface area contributed by atoms with Crippen LogP contribution in [-0.4, -0.2) is 23.2 Å². The summed E-state index contributed by atoms with van der Waals surface area (Å²) in [5.41, 5.74) is 0.0275. The lowest BCUT2D eigenvalue weighted by Gasteiger charge is -2.16. The number of H-pyrrole nitrogens is 1. The van der Waals surface area contributed by atoms with Crippen molar-refractivity contribution in [2.75, 3.05) is 13.2 Å². The number of rotatable bonds is 5. The van der Waals surface area contributed by atoms with Crippen molar-refractivity contribution in [1.82, 2.24) is 10.3 Å². The number of benzene rings is 1. The van der Waals surface area contributed by atoms with Gasteiger partial charge in [0, 0.05) is 24.9 Å². The molecule has 0 amide bonds. The fourth-order valence-corrected chi connectivity index (χ4v) is 2.19. The van der Waals surface area contributed by atoms with Crippen LogP contribution in [0.1, 0.15) is 24.9 Å². The third-order valence-electron chi connectivity index (χ3n) is 3.20. The van der Waals surface area contributed by atoms with Crippen LogP contribution in [0, 0.1) is 11.6 Å². The number of pyridine rings is 1. The second-order valence-corrected chi connectivity index (χ2v) is 4.64. The summed E-state index contributed by atoms with van der Waals surface area (Å²) < 4.78 is 27.1. The Morgan fingerprint density at radius 3 is 2.85 bits per heavy atom. The maximum atomic E-state index is 13.7. The van der Waals surface area contributed by atoms with Gasteiger partial charge < -0.3 is 15.4 Å². The van der Waals surface area contributed by atoms with Crippen LogP contribution in [0.4, 0.5) is 8.78 Å². The zero-order chi connectivity index (χ0) is 14.7. The molecule has 0 aliphatic carbocycles. The van der Waals surface area contributed by atoms with Gasteiger partial charge in [-0.05, 0) is 36.9 Å².